The Morgan fingerprint density at radius 1 is 0.944 bits per heavy atom. The molecule has 5 aromatic rings. The molecule has 0 spiro atoms. The Morgan fingerprint density at radius 2 is 1.57 bits per heavy atom. The lowest BCUT2D eigenvalue weighted by Gasteiger charge is -2.22. The number of hydrogen-bond donors (Lipinski definition) is 6. The Kier molecular flexibility index (Phi) is 13.8. The second kappa shape index (κ2) is 17.6. The van der Waals surface area contributed by atoms with E-state index in [9.17, 15) is 31.1 Å². The number of amides is 1. The fraction of sp³-hybridized carbons (Fsp3) is 0.206. The fourth-order valence-corrected chi connectivity index (χ4v) is 4.85. The Hall–Kier alpha value is -6.11. The molecule has 0 saturated carbocycles. The van der Waals surface area contributed by atoms with Crippen molar-refractivity contribution in [2.45, 2.75) is 38.7 Å². The number of nitrogens with two attached hydrogens (primary N) is 2. The lowest BCUT2D eigenvalue weighted by atomic mass is 9.99. The highest BCUT2D eigenvalue weighted by Crippen LogP contribution is 2.35. The molecule has 0 radical (unpaired) electrons. The van der Waals surface area contributed by atoms with Crippen LogP contribution in [0.1, 0.15) is 47.2 Å². The molecule has 12 nitrogen and oxygen atoms in total. The van der Waals surface area contributed by atoms with Crippen molar-refractivity contribution >= 4 is 51.7 Å². The number of imidazole rings is 1. The van der Waals surface area contributed by atoms with Gasteiger partial charge in [0.05, 0.1) is 18.5 Å². The molecule has 3 aromatic carbocycles. The van der Waals surface area contributed by atoms with E-state index < -0.39 is 42.1 Å². The first kappa shape index (κ1) is 42.3. The fourth-order valence-electron chi connectivity index (χ4n) is 4.68. The second-order valence-corrected chi connectivity index (χ2v) is 11.3. The number of carboxylic acids is 2. The summed E-state index contributed by atoms with van der Waals surface area (Å²) >= 11 is 6.10. The molecule has 5 rings (SSSR count). The largest absolute Gasteiger partial charge is 0.491 e. The van der Waals surface area contributed by atoms with Crippen LogP contribution in [-0.2, 0) is 16.0 Å². The summed E-state index contributed by atoms with van der Waals surface area (Å²) in [5.41, 5.74) is 14.9. The van der Waals surface area contributed by atoms with Crippen molar-refractivity contribution in [3.05, 3.63) is 100 Å². The highest BCUT2D eigenvalue weighted by atomic mass is 35.5. The number of halogens is 8. The van der Waals surface area contributed by atoms with E-state index in [1.54, 1.807) is 36.7 Å². The highest BCUT2D eigenvalue weighted by molar-refractivity contribution is 6.31. The number of aromatic amines is 1. The number of H-pyrrole nitrogens is 1. The van der Waals surface area contributed by atoms with Gasteiger partial charge in [0.25, 0.3) is 0 Å². The number of ether oxygens (including phenoxy) is 1. The van der Waals surface area contributed by atoms with Gasteiger partial charge in [0.15, 0.2) is 11.6 Å². The number of carbonyl (C=O) groups is 3. The number of carboxylic acid groups (broad SMARTS) is 2. The average molecular weight is 787 g/mol. The Labute approximate surface area is 305 Å². The van der Waals surface area contributed by atoms with E-state index in [1.807, 2.05) is 38.1 Å². The SMILES string of the molecule is CCOc1cc(CC)cc(C(Nc2ccc3c(N)nccc3c2)c2ncc(-c3ccc(Cl)cc3C(N)=O)[nH]2)c1F.O=C(O)C(F)(F)F.O=C(O)C(F)(F)F. The first-order valence-corrected chi connectivity index (χ1v) is 15.7. The summed E-state index contributed by atoms with van der Waals surface area (Å²) in [6.45, 7) is 4.12. The lowest BCUT2D eigenvalue weighted by molar-refractivity contribution is -0.193. The number of aryl methyl sites for hydroxylation is 1. The number of nitrogens with zero attached hydrogens (tertiary/aromatic N) is 2. The second-order valence-electron chi connectivity index (χ2n) is 10.8. The molecule has 0 aliphatic rings. The Balaban J connectivity index is 0.000000476. The maximum Gasteiger partial charge on any atom is 0.490 e. The zero-order chi connectivity index (χ0) is 40.5. The van der Waals surface area contributed by atoms with E-state index in [0.717, 1.165) is 16.3 Å². The Morgan fingerprint density at radius 3 is 2.13 bits per heavy atom. The smallest absolute Gasteiger partial charge is 0.490 e. The molecular weight excluding hydrogens is 757 g/mol. The molecule has 8 N–H and O–H groups in total. The molecule has 20 heteroatoms. The zero-order valence-corrected chi connectivity index (χ0v) is 28.7. The molecule has 0 bridgehead atoms. The summed E-state index contributed by atoms with van der Waals surface area (Å²) in [5.74, 6) is -5.62. The standard InChI is InChI=1S/C30H28ClFN6O2.2C2HF3O2/c1-3-16-11-23(26(32)25(12-16)40-4-2)27(37-19-6-8-20-17(13-19)9-10-35-28(20)33)30-36-15-24(38-30)21-7-5-18(31)14-22(21)29(34)39;2*3-2(4,5)1(6)7/h5-15,27,37H,3-4H2,1-2H3,(H2,33,35)(H2,34,39)(H,36,38);2*(H,6,7). The topological polar surface area (TPSA) is 207 Å². The summed E-state index contributed by atoms with van der Waals surface area (Å²) in [6, 6.07) is 15.1. The quantitative estimate of drug-likeness (QED) is 0.0810. The first-order valence-electron chi connectivity index (χ1n) is 15.3. The third kappa shape index (κ3) is 11.0. The van der Waals surface area contributed by atoms with Gasteiger partial charge >= 0.3 is 24.3 Å². The van der Waals surface area contributed by atoms with Gasteiger partial charge < -0.3 is 36.7 Å². The number of carbonyl (C=O) groups excluding carboxylic acids is 1. The Bertz CT molecular complexity index is 2120. The minimum atomic E-state index is -5.08. The van der Waals surface area contributed by atoms with Gasteiger partial charge in [0.1, 0.15) is 17.7 Å². The van der Waals surface area contributed by atoms with Crippen LogP contribution in [-0.4, -0.2) is 62.0 Å². The van der Waals surface area contributed by atoms with E-state index in [-0.39, 0.29) is 11.3 Å². The maximum atomic E-state index is 16.0. The van der Waals surface area contributed by atoms with Gasteiger partial charge in [-0.1, -0.05) is 30.7 Å². The molecule has 2 aromatic heterocycles. The number of hydrogen-bond acceptors (Lipinski definition) is 8. The minimum Gasteiger partial charge on any atom is -0.491 e. The van der Waals surface area contributed by atoms with E-state index in [2.05, 4.69) is 20.3 Å². The number of alkyl halides is 6. The summed E-state index contributed by atoms with van der Waals surface area (Å²) in [6.07, 6.45) is -6.27. The van der Waals surface area contributed by atoms with Gasteiger partial charge in [-0.3, -0.25) is 4.79 Å². The van der Waals surface area contributed by atoms with Crippen LogP contribution in [0.5, 0.6) is 5.75 Å². The van der Waals surface area contributed by atoms with Gasteiger partial charge in [-0.05, 0) is 66.8 Å². The monoisotopic (exact) mass is 786 g/mol. The number of anilines is 2. The van der Waals surface area contributed by atoms with Gasteiger partial charge in [0.2, 0.25) is 5.91 Å². The molecule has 1 unspecified atom stereocenters. The van der Waals surface area contributed by atoms with Crippen molar-refractivity contribution in [1.29, 1.82) is 0 Å². The number of pyridine rings is 1. The predicted molar refractivity (Wildman–Crippen MR) is 184 cm³/mol. The molecule has 54 heavy (non-hydrogen) atoms. The van der Waals surface area contributed by atoms with Crippen LogP contribution >= 0.6 is 11.6 Å². The number of nitrogens with one attached hydrogen (secondary N) is 2. The molecule has 2 heterocycles. The normalized spacial score (nSPS) is 11.7. The van der Waals surface area contributed by atoms with Gasteiger partial charge in [-0.25, -0.2) is 23.9 Å². The first-order chi connectivity index (χ1) is 25.2. The molecule has 0 fully saturated rings. The molecular formula is C34H30ClF7N6O6. The average Bonchev–Trinajstić information content (AvgIpc) is 3.58. The zero-order valence-electron chi connectivity index (χ0n) is 27.9. The van der Waals surface area contributed by atoms with E-state index in [4.69, 9.17) is 47.6 Å². The van der Waals surface area contributed by atoms with Crippen molar-refractivity contribution in [3.63, 3.8) is 0 Å². The van der Waals surface area contributed by atoms with Crippen LogP contribution in [0.15, 0.2) is 67.0 Å². The van der Waals surface area contributed by atoms with Crippen molar-refractivity contribution in [1.82, 2.24) is 15.0 Å². The minimum absolute atomic E-state index is 0.168. The number of primary amides is 1. The number of benzene rings is 3. The van der Waals surface area contributed by atoms with Crippen molar-refractivity contribution in [3.8, 4) is 17.0 Å². The van der Waals surface area contributed by atoms with Crippen LogP contribution in [0, 0.1) is 5.82 Å². The molecule has 288 valence electrons. The van der Waals surface area contributed by atoms with Crippen molar-refractivity contribution in [2.75, 3.05) is 17.7 Å². The van der Waals surface area contributed by atoms with Crippen molar-refractivity contribution < 1.29 is 60.1 Å². The third-order valence-electron chi connectivity index (χ3n) is 7.14. The maximum absolute atomic E-state index is 16.0. The molecule has 0 aliphatic carbocycles. The third-order valence-corrected chi connectivity index (χ3v) is 7.38. The van der Waals surface area contributed by atoms with Crippen molar-refractivity contribution in [2.24, 2.45) is 5.73 Å². The summed E-state index contributed by atoms with van der Waals surface area (Å²) in [5, 5.41) is 19.7. The lowest BCUT2D eigenvalue weighted by Crippen LogP contribution is -2.21. The van der Waals surface area contributed by atoms with E-state index in [1.165, 1.54) is 6.07 Å². The van der Waals surface area contributed by atoms with E-state index in [0.29, 0.717) is 52.2 Å². The number of nitrogen functional groups attached to an aromatic ring is 1. The molecule has 1 atom stereocenters. The van der Waals surface area contributed by atoms with E-state index >= 15 is 4.39 Å². The number of fused-ring (bicyclic) bond motifs is 1. The molecule has 0 saturated heterocycles. The number of aromatic nitrogens is 3. The predicted octanol–water partition coefficient (Wildman–Crippen LogP) is 7.53. The van der Waals surface area contributed by atoms with Gasteiger partial charge in [-0.15, -0.1) is 0 Å². The summed E-state index contributed by atoms with van der Waals surface area (Å²) < 4.78 is 85.1. The van der Waals surface area contributed by atoms with Crippen LogP contribution < -0.4 is 21.5 Å². The van der Waals surface area contributed by atoms with Crippen LogP contribution in [0.2, 0.25) is 5.02 Å². The summed E-state index contributed by atoms with van der Waals surface area (Å²) in [4.78, 5) is 41.9. The van der Waals surface area contributed by atoms with Crippen LogP contribution in [0.4, 0.5) is 42.2 Å². The van der Waals surface area contributed by atoms with Gasteiger partial charge in [0, 0.05) is 39.0 Å². The summed E-state index contributed by atoms with van der Waals surface area (Å²) in [7, 11) is 0. The molecule has 1 amide bonds. The van der Waals surface area contributed by atoms with Crippen LogP contribution in [0.25, 0.3) is 22.0 Å². The van der Waals surface area contributed by atoms with Crippen LogP contribution in [0.3, 0.4) is 0 Å². The number of aliphatic carboxylic acids is 2. The number of rotatable bonds is 9. The molecule has 0 aliphatic heterocycles. The van der Waals surface area contributed by atoms with Gasteiger partial charge in [-0.2, -0.15) is 26.3 Å². The highest BCUT2D eigenvalue weighted by Gasteiger charge is 2.39.